The lowest BCUT2D eigenvalue weighted by atomic mass is 10.0. The smallest absolute Gasteiger partial charge is 0.167 e. The van der Waals surface area contributed by atoms with Gasteiger partial charge in [0.15, 0.2) is 5.78 Å². The van der Waals surface area contributed by atoms with Gasteiger partial charge in [-0.2, -0.15) is 0 Å². The zero-order valence-corrected chi connectivity index (χ0v) is 15.4. The topological polar surface area (TPSA) is 38.8 Å². The number of carbonyl (C=O) groups is 1. The molecule has 26 heavy (non-hydrogen) atoms. The molecule has 4 heteroatoms. The molecule has 1 fully saturated rings. The van der Waals surface area contributed by atoms with Crippen LogP contribution in [0.3, 0.4) is 0 Å². The number of methoxy groups -OCH3 is 1. The summed E-state index contributed by atoms with van der Waals surface area (Å²) in [5, 5.41) is 0. The molecule has 0 bridgehead atoms. The fraction of sp³-hybridized carbons (Fsp3) is 0.409. The maximum atomic E-state index is 12.4. The van der Waals surface area contributed by atoms with E-state index in [0.717, 1.165) is 23.6 Å². The first-order valence-corrected chi connectivity index (χ1v) is 9.36. The van der Waals surface area contributed by atoms with Crippen LogP contribution in [0.25, 0.3) is 0 Å². The Morgan fingerprint density at radius 2 is 1.58 bits per heavy atom. The molecule has 0 amide bonds. The number of likely N-dealkylation sites (tertiary alicyclic amines) is 1. The van der Waals surface area contributed by atoms with Gasteiger partial charge in [-0.3, -0.25) is 9.69 Å². The highest BCUT2D eigenvalue weighted by atomic mass is 16.5. The molecule has 0 unspecified atom stereocenters. The third-order valence-electron chi connectivity index (χ3n) is 4.82. The van der Waals surface area contributed by atoms with E-state index in [-0.39, 0.29) is 5.78 Å². The molecule has 0 N–H and O–H groups in total. The van der Waals surface area contributed by atoms with Crippen LogP contribution in [-0.2, 0) is 6.42 Å². The van der Waals surface area contributed by atoms with Crippen LogP contribution in [-0.4, -0.2) is 44.0 Å². The van der Waals surface area contributed by atoms with Gasteiger partial charge in [0.25, 0.3) is 0 Å². The highest BCUT2D eigenvalue weighted by Crippen LogP contribution is 2.16. The lowest BCUT2D eigenvalue weighted by Crippen LogP contribution is -2.33. The van der Waals surface area contributed by atoms with Gasteiger partial charge in [0, 0.05) is 18.5 Å². The predicted molar refractivity (Wildman–Crippen MR) is 103 cm³/mol. The van der Waals surface area contributed by atoms with Crippen LogP contribution in [0.2, 0.25) is 0 Å². The fourth-order valence-corrected chi connectivity index (χ4v) is 3.24. The molecule has 0 atom stereocenters. The monoisotopic (exact) mass is 353 g/mol. The third-order valence-corrected chi connectivity index (χ3v) is 4.82. The molecular weight excluding hydrogens is 326 g/mol. The van der Waals surface area contributed by atoms with Crippen LogP contribution in [0.15, 0.2) is 48.5 Å². The lowest BCUT2D eigenvalue weighted by Gasteiger charge is -2.26. The minimum absolute atomic E-state index is 0.107. The molecule has 2 aromatic rings. The predicted octanol–water partition coefficient (Wildman–Crippen LogP) is 3.99. The van der Waals surface area contributed by atoms with Crippen molar-refractivity contribution in [3.8, 4) is 11.5 Å². The minimum Gasteiger partial charge on any atom is -0.497 e. The van der Waals surface area contributed by atoms with E-state index in [1.165, 1.54) is 32.4 Å². The summed E-state index contributed by atoms with van der Waals surface area (Å²) in [5.41, 5.74) is 1.70. The zero-order chi connectivity index (χ0) is 18.2. The maximum Gasteiger partial charge on any atom is 0.167 e. The van der Waals surface area contributed by atoms with Crippen molar-refractivity contribution in [3.05, 3.63) is 59.7 Å². The molecule has 1 heterocycles. The van der Waals surface area contributed by atoms with Crippen LogP contribution in [0, 0.1) is 0 Å². The Hall–Kier alpha value is -2.33. The van der Waals surface area contributed by atoms with Crippen LogP contribution >= 0.6 is 0 Å². The maximum absolute atomic E-state index is 12.4. The Kier molecular flexibility index (Phi) is 6.67. The van der Waals surface area contributed by atoms with Gasteiger partial charge < -0.3 is 9.47 Å². The third kappa shape index (κ3) is 5.33. The second kappa shape index (κ2) is 9.39. The standard InChI is InChI=1S/C22H27NO3/c1-25-20-9-5-18(6-10-20)17-22(24)19-7-11-21(12-8-19)26-16-15-23-13-3-2-4-14-23/h5-12H,2-4,13-17H2,1H3. The molecule has 3 rings (SSSR count). The van der Waals surface area contributed by atoms with Crippen molar-refractivity contribution in [1.29, 1.82) is 0 Å². The molecule has 0 radical (unpaired) electrons. The summed E-state index contributed by atoms with van der Waals surface area (Å²) < 4.78 is 11.0. The van der Waals surface area contributed by atoms with Crippen molar-refractivity contribution in [3.63, 3.8) is 0 Å². The Morgan fingerprint density at radius 1 is 0.923 bits per heavy atom. The molecule has 0 aliphatic carbocycles. The molecule has 0 saturated carbocycles. The molecule has 0 spiro atoms. The summed E-state index contributed by atoms with van der Waals surface area (Å²) in [6.07, 6.45) is 4.33. The molecule has 138 valence electrons. The number of hydrogen-bond donors (Lipinski definition) is 0. The number of carbonyl (C=O) groups excluding carboxylic acids is 1. The summed E-state index contributed by atoms with van der Waals surface area (Å²) in [6, 6.07) is 15.1. The van der Waals surface area contributed by atoms with E-state index >= 15 is 0 Å². The van der Waals surface area contributed by atoms with Crippen LogP contribution in [0.4, 0.5) is 0 Å². The Bertz CT molecular complexity index is 688. The van der Waals surface area contributed by atoms with Crippen LogP contribution in [0.1, 0.15) is 35.2 Å². The SMILES string of the molecule is COc1ccc(CC(=O)c2ccc(OCCN3CCCCC3)cc2)cc1. The van der Waals surface area contributed by atoms with Crippen molar-refractivity contribution in [2.75, 3.05) is 33.4 Å². The first-order chi connectivity index (χ1) is 12.7. The number of nitrogens with zero attached hydrogens (tertiary/aromatic N) is 1. The first-order valence-electron chi connectivity index (χ1n) is 9.36. The number of Topliss-reactive ketones (excluding diaryl/α,β-unsaturated/α-hetero) is 1. The quantitative estimate of drug-likeness (QED) is 0.673. The number of rotatable bonds is 8. The summed E-state index contributed by atoms with van der Waals surface area (Å²) in [7, 11) is 1.64. The Balaban J connectivity index is 1.47. The van der Waals surface area contributed by atoms with Crippen LogP contribution < -0.4 is 9.47 Å². The van der Waals surface area contributed by atoms with E-state index in [2.05, 4.69) is 4.90 Å². The van der Waals surface area contributed by atoms with E-state index < -0.39 is 0 Å². The molecule has 1 aliphatic heterocycles. The molecular formula is C22H27NO3. The summed E-state index contributed by atoms with van der Waals surface area (Å²) in [5.74, 6) is 1.73. The number of ketones is 1. The second-order valence-electron chi connectivity index (χ2n) is 6.72. The van der Waals surface area contributed by atoms with Gasteiger partial charge in [0.05, 0.1) is 7.11 Å². The van der Waals surface area contributed by atoms with E-state index in [1.54, 1.807) is 7.11 Å². The average molecular weight is 353 g/mol. The van der Waals surface area contributed by atoms with Gasteiger partial charge in [-0.05, 0) is 67.9 Å². The number of ether oxygens (including phenoxy) is 2. The summed E-state index contributed by atoms with van der Waals surface area (Å²) in [6.45, 7) is 4.03. The Labute approximate surface area is 155 Å². The molecule has 1 aliphatic rings. The van der Waals surface area contributed by atoms with Gasteiger partial charge in [-0.15, -0.1) is 0 Å². The van der Waals surface area contributed by atoms with E-state index in [9.17, 15) is 4.79 Å². The first kappa shape index (κ1) is 18.5. The van der Waals surface area contributed by atoms with E-state index in [4.69, 9.17) is 9.47 Å². The molecule has 2 aromatic carbocycles. The van der Waals surface area contributed by atoms with Gasteiger partial charge in [0.2, 0.25) is 0 Å². The average Bonchev–Trinajstić information content (AvgIpc) is 2.70. The summed E-state index contributed by atoms with van der Waals surface area (Å²) in [4.78, 5) is 14.9. The van der Waals surface area contributed by atoms with Crippen molar-refractivity contribution in [2.24, 2.45) is 0 Å². The largest absolute Gasteiger partial charge is 0.497 e. The van der Waals surface area contributed by atoms with E-state index in [1.807, 2.05) is 48.5 Å². The van der Waals surface area contributed by atoms with Crippen molar-refractivity contribution < 1.29 is 14.3 Å². The van der Waals surface area contributed by atoms with Crippen LogP contribution in [0.5, 0.6) is 11.5 Å². The lowest BCUT2D eigenvalue weighted by molar-refractivity contribution is 0.0993. The van der Waals surface area contributed by atoms with Crippen molar-refractivity contribution in [2.45, 2.75) is 25.7 Å². The minimum atomic E-state index is 0.107. The van der Waals surface area contributed by atoms with Gasteiger partial charge in [-0.1, -0.05) is 18.6 Å². The highest BCUT2D eigenvalue weighted by Gasteiger charge is 2.10. The number of hydrogen-bond acceptors (Lipinski definition) is 4. The van der Waals surface area contributed by atoms with Crippen molar-refractivity contribution in [1.82, 2.24) is 4.90 Å². The normalized spacial score (nSPS) is 14.8. The highest BCUT2D eigenvalue weighted by molar-refractivity contribution is 5.97. The van der Waals surface area contributed by atoms with Gasteiger partial charge >= 0.3 is 0 Å². The van der Waals surface area contributed by atoms with Crippen molar-refractivity contribution >= 4 is 5.78 Å². The summed E-state index contributed by atoms with van der Waals surface area (Å²) >= 11 is 0. The van der Waals surface area contributed by atoms with Gasteiger partial charge in [-0.25, -0.2) is 0 Å². The fourth-order valence-electron chi connectivity index (χ4n) is 3.24. The zero-order valence-electron chi connectivity index (χ0n) is 15.4. The Morgan fingerprint density at radius 3 is 2.23 bits per heavy atom. The number of benzene rings is 2. The van der Waals surface area contributed by atoms with E-state index in [0.29, 0.717) is 18.6 Å². The molecule has 4 nitrogen and oxygen atoms in total. The molecule has 0 aromatic heterocycles. The second-order valence-corrected chi connectivity index (χ2v) is 6.72. The molecule has 1 saturated heterocycles. The van der Waals surface area contributed by atoms with Gasteiger partial charge in [0.1, 0.15) is 18.1 Å². The number of piperidine rings is 1.